The lowest BCUT2D eigenvalue weighted by molar-refractivity contribution is 0.150. The van der Waals surface area contributed by atoms with Crippen molar-refractivity contribution in [2.45, 2.75) is 13.0 Å². The maximum absolute atomic E-state index is 14.1. The van der Waals surface area contributed by atoms with Crippen molar-refractivity contribution < 1.29 is 27.8 Å². The summed E-state index contributed by atoms with van der Waals surface area (Å²) in [6, 6.07) is 2.01. The third kappa shape index (κ3) is 2.26. The van der Waals surface area contributed by atoms with Crippen LogP contribution >= 0.6 is 0 Å². The fourth-order valence-corrected chi connectivity index (χ4v) is 2.38. The first-order chi connectivity index (χ1) is 9.97. The van der Waals surface area contributed by atoms with Gasteiger partial charge in [0.05, 0.1) is 18.8 Å². The highest BCUT2D eigenvalue weighted by Crippen LogP contribution is 2.32. The van der Waals surface area contributed by atoms with Crippen molar-refractivity contribution in [3.63, 3.8) is 0 Å². The summed E-state index contributed by atoms with van der Waals surface area (Å²) >= 11 is 0. The van der Waals surface area contributed by atoms with Crippen LogP contribution < -0.4 is 9.80 Å². The van der Waals surface area contributed by atoms with Crippen molar-refractivity contribution in [1.82, 2.24) is 0 Å². The molecule has 1 aromatic rings. The van der Waals surface area contributed by atoms with Crippen LogP contribution in [0, 0.1) is 11.6 Å². The zero-order valence-corrected chi connectivity index (χ0v) is 11.1. The number of carbonyl (C=O) groups is 2. The zero-order chi connectivity index (χ0) is 15.1. The highest BCUT2D eigenvalue weighted by Gasteiger charge is 2.33. The topological polar surface area (TPSA) is 59.1 Å². The smallest absolute Gasteiger partial charge is 0.414 e. The molecule has 0 bridgehead atoms. The van der Waals surface area contributed by atoms with Gasteiger partial charge in [0.2, 0.25) is 0 Å². The molecular weight excluding hydrogens is 286 g/mol. The first-order valence-electron chi connectivity index (χ1n) is 6.39. The Bertz CT molecular complexity index is 599. The summed E-state index contributed by atoms with van der Waals surface area (Å²) in [5, 5.41) is 0. The molecule has 0 saturated carbocycles. The number of ether oxygens (including phenoxy) is 2. The number of amides is 2. The lowest BCUT2D eigenvalue weighted by Gasteiger charge is -2.18. The van der Waals surface area contributed by atoms with E-state index in [-0.39, 0.29) is 31.5 Å². The largest absolute Gasteiger partial charge is 0.447 e. The number of hydrogen-bond donors (Lipinski definition) is 0. The molecule has 2 heterocycles. The van der Waals surface area contributed by atoms with E-state index in [1.807, 2.05) is 0 Å². The van der Waals surface area contributed by atoms with E-state index in [1.165, 1.54) is 0 Å². The van der Waals surface area contributed by atoms with Gasteiger partial charge in [-0.2, -0.15) is 0 Å². The van der Waals surface area contributed by atoms with Crippen molar-refractivity contribution in [1.29, 1.82) is 0 Å². The van der Waals surface area contributed by atoms with Crippen molar-refractivity contribution in [2.75, 3.05) is 29.5 Å². The maximum Gasteiger partial charge on any atom is 0.414 e. The molecule has 1 aromatic carbocycles. The van der Waals surface area contributed by atoms with E-state index in [0.29, 0.717) is 0 Å². The summed E-state index contributed by atoms with van der Waals surface area (Å²) in [5.74, 6) is -1.87. The first kappa shape index (κ1) is 13.6. The summed E-state index contributed by atoms with van der Waals surface area (Å²) < 4.78 is 37.9. The summed E-state index contributed by atoms with van der Waals surface area (Å²) in [6.45, 7) is 2.05. The van der Waals surface area contributed by atoms with Gasteiger partial charge in [0, 0.05) is 12.1 Å². The van der Waals surface area contributed by atoms with Gasteiger partial charge < -0.3 is 9.47 Å². The van der Waals surface area contributed by atoms with E-state index in [9.17, 15) is 18.4 Å². The fraction of sp³-hybridized carbons (Fsp3) is 0.385. The number of hydrogen-bond acceptors (Lipinski definition) is 4. The molecule has 2 saturated heterocycles. The first-order valence-corrected chi connectivity index (χ1v) is 6.39. The van der Waals surface area contributed by atoms with Crippen LogP contribution in [0.4, 0.5) is 29.7 Å². The highest BCUT2D eigenvalue weighted by molar-refractivity contribution is 5.92. The van der Waals surface area contributed by atoms with Crippen molar-refractivity contribution >= 4 is 23.6 Å². The van der Waals surface area contributed by atoms with Crippen molar-refractivity contribution in [3.8, 4) is 0 Å². The molecule has 2 aliphatic heterocycles. The van der Waals surface area contributed by atoms with E-state index in [1.54, 1.807) is 6.92 Å². The van der Waals surface area contributed by atoms with Gasteiger partial charge in [0.15, 0.2) is 11.6 Å². The summed E-state index contributed by atoms with van der Waals surface area (Å²) in [7, 11) is 0. The van der Waals surface area contributed by atoms with Crippen LogP contribution in [0.1, 0.15) is 6.92 Å². The van der Waals surface area contributed by atoms with Gasteiger partial charge in [-0.1, -0.05) is 0 Å². The van der Waals surface area contributed by atoms with E-state index < -0.39 is 29.5 Å². The Morgan fingerprint density at radius 2 is 1.81 bits per heavy atom. The minimum Gasteiger partial charge on any atom is -0.447 e. The third-order valence-corrected chi connectivity index (χ3v) is 3.31. The molecule has 0 aromatic heterocycles. The lowest BCUT2D eigenvalue weighted by atomic mass is 10.2. The Labute approximate surface area is 118 Å². The average Bonchev–Trinajstić information content (AvgIpc) is 2.95. The Balaban J connectivity index is 1.96. The van der Waals surface area contributed by atoms with E-state index in [2.05, 4.69) is 4.74 Å². The monoisotopic (exact) mass is 298 g/mol. The van der Waals surface area contributed by atoms with Crippen LogP contribution in [0.2, 0.25) is 0 Å². The quantitative estimate of drug-likeness (QED) is 0.840. The van der Waals surface area contributed by atoms with Gasteiger partial charge >= 0.3 is 12.2 Å². The molecule has 2 aliphatic rings. The Kier molecular flexibility index (Phi) is 3.15. The number of rotatable bonds is 2. The Morgan fingerprint density at radius 1 is 1.14 bits per heavy atom. The highest BCUT2D eigenvalue weighted by atomic mass is 19.1. The zero-order valence-electron chi connectivity index (χ0n) is 11.1. The minimum absolute atomic E-state index is 0.0515. The fourth-order valence-electron chi connectivity index (χ4n) is 2.38. The SMILES string of the molecule is CC1CN(c2cc(F)c(N3CCOC3=O)c(F)c2)C(=O)O1. The Morgan fingerprint density at radius 3 is 2.29 bits per heavy atom. The van der Waals surface area contributed by atoms with Crippen molar-refractivity contribution in [2.24, 2.45) is 0 Å². The number of benzene rings is 1. The van der Waals surface area contributed by atoms with Gasteiger partial charge in [-0.25, -0.2) is 18.4 Å². The second-order valence-corrected chi connectivity index (χ2v) is 4.83. The normalized spacial score (nSPS) is 21.8. The number of nitrogens with zero attached hydrogens (tertiary/aromatic N) is 2. The van der Waals surface area contributed by atoms with Crippen LogP contribution in [0.25, 0.3) is 0 Å². The molecule has 21 heavy (non-hydrogen) atoms. The molecule has 1 atom stereocenters. The molecule has 0 radical (unpaired) electrons. The van der Waals surface area contributed by atoms with Crippen LogP contribution in [-0.2, 0) is 9.47 Å². The maximum atomic E-state index is 14.1. The van der Waals surface area contributed by atoms with Gasteiger partial charge in [-0.05, 0) is 6.92 Å². The van der Waals surface area contributed by atoms with Gasteiger partial charge in [-0.15, -0.1) is 0 Å². The molecule has 2 fully saturated rings. The average molecular weight is 298 g/mol. The molecule has 3 rings (SSSR count). The summed E-state index contributed by atoms with van der Waals surface area (Å²) in [6.07, 6.45) is -1.80. The molecule has 1 unspecified atom stereocenters. The molecular formula is C13H12F2N2O4. The van der Waals surface area contributed by atoms with Crippen molar-refractivity contribution in [3.05, 3.63) is 23.8 Å². The molecule has 6 nitrogen and oxygen atoms in total. The number of carbonyl (C=O) groups excluding carboxylic acids is 2. The number of anilines is 2. The number of halogens is 2. The minimum atomic E-state index is -0.934. The summed E-state index contributed by atoms with van der Waals surface area (Å²) in [5.41, 5.74) is -0.419. The molecule has 2 amide bonds. The van der Waals surface area contributed by atoms with Crippen LogP contribution in [0.3, 0.4) is 0 Å². The van der Waals surface area contributed by atoms with E-state index in [0.717, 1.165) is 21.9 Å². The number of cyclic esters (lactones) is 2. The van der Waals surface area contributed by atoms with Gasteiger partial charge in [0.25, 0.3) is 0 Å². The van der Waals surface area contributed by atoms with Crippen LogP contribution in [0.5, 0.6) is 0 Å². The third-order valence-electron chi connectivity index (χ3n) is 3.31. The van der Waals surface area contributed by atoms with Crippen LogP contribution in [0.15, 0.2) is 12.1 Å². The van der Waals surface area contributed by atoms with E-state index >= 15 is 0 Å². The van der Waals surface area contributed by atoms with Crippen LogP contribution in [-0.4, -0.2) is 38.0 Å². The lowest BCUT2D eigenvalue weighted by Crippen LogP contribution is -2.27. The molecule has 0 spiro atoms. The second-order valence-electron chi connectivity index (χ2n) is 4.83. The standard InChI is InChI=1S/C13H12F2N2O4/c1-7-6-17(13(19)21-7)8-4-9(14)11(10(15)5-8)16-2-3-20-12(16)18/h4-5,7H,2-3,6H2,1H3. The van der Waals surface area contributed by atoms with Gasteiger partial charge in [0.1, 0.15) is 18.4 Å². The molecule has 0 N–H and O–H groups in total. The van der Waals surface area contributed by atoms with E-state index in [4.69, 9.17) is 4.74 Å². The second kappa shape index (κ2) is 4.87. The molecule has 112 valence electrons. The molecule has 8 heteroatoms. The molecule has 0 aliphatic carbocycles. The van der Waals surface area contributed by atoms with Gasteiger partial charge in [-0.3, -0.25) is 9.80 Å². The predicted octanol–water partition coefficient (Wildman–Crippen LogP) is 2.27. The predicted molar refractivity (Wildman–Crippen MR) is 68.3 cm³/mol. The summed E-state index contributed by atoms with van der Waals surface area (Å²) in [4.78, 5) is 25.0. The Hall–Kier alpha value is -2.38.